The van der Waals surface area contributed by atoms with Gasteiger partial charge in [-0.05, 0) is 25.0 Å². The summed E-state index contributed by atoms with van der Waals surface area (Å²) < 4.78 is 5.49. The molecule has 2 heterocycles. The number of amides is 2. The minimum absolute atomic E-state index is 0.0977. The Bertz CT molecular complexity index is 792. The van der Waals surface area contributed by atoms with E-state index in [4.69, 9.17) is 4.42 Å². The number of aryl methyl sites for hydroxylation is 1. The van der Waals surface area contributed by atoms with E-state index in [2.05, 4.69) is 10.3 Å². The van der Waals surface area contributed by atoms with Gasteiger partial charge in [0.2, 0.25) is 11.8 Å². The van der Waals surface area contributed by atoms with Gasteiger partial charge >= 0.3 is 0 Å². The molecule has 6 heteroatoms. The molecule has 1 aliphatic heterocycles. The highest BCUT2D eigenvalue weighted by Gasteiger charge is 2.38. The molecule has 2 aliphatic rings. The van der Waals surface area contributed by atoms with Crippen molar-refractivity contribution in [1.29, 1.82) is 0 Å². The maximum absolute atomic E-state index is 12.5. The van der Waals surface area contributed by atoms with Crippen molar-refractivity contribution in [2.45, 2.75) is 45.1 Å². The summed E-state index contributed by atoms with van der Waals surface area (Å²) in [4.78, 5) is 30.9. The number of hydrogen-bond acceptors (Lipinski definition) is 4. The van der Waals surface area contributed by atoms with Crippen LogP contribution in [0.1, 0.15) is 38.0 Å². The van der Waals surface area contributed by atoms with Crippen molar-refractivity contribution < 1.29 is 14.0 Å². The van der Waals surface area contributed by atoms with Crippen LogP contribution in [-0.2, 0) is 9.59 Å². The third kappa shape index (κ3) is 2.77. The van der Waals surface area contributed by atoms with E-state index < -0.39 is 0 Å². The van der Waals surface area contributed by atoms with Crippen molar-refractivity contribution in [1.82, 2.24) is 9.88 Å². The zero-order valence-corrected chi connectivity index (χ0v) is 13.7. The summed E-state index contributed by atoms with van der Waals surface area (Å²) in [7, 11) is 0. The molecule has 1 aromatic heterocycles. The number of benzene rings is 1. The monoisotopic (exact) mass is 327 g/mol. The van der Waals surface area contributed by atoms with Gasteiger partial charge in [0.05, 0.1) is 5.92 Å². The molecule has 0 spiro atoms. The van der Waals surface area contributed by atoms with E-state index in [0.717, 1.165) is 18.4 Å². The first-order valence-corrected chi connectivity index (χ1v) is 8.57. The van der Waals surface area contributed by atoms with Crippen molar-refractivity contribution in [2.24, 2.45) is 5.92 Å². The number of aromatic nitrogens is 1. The molecule has 6 nitrogen and oxygen atoms in total. The molecule has 0 bridgehead atoms. The SMILES string of the molecule is Cc1nc2ccc(NC(=O)C3CC(=O)N(C4CCCC4)C3)cc2o1. The first-order valence-electron chi connectivity index (χ1n) is 8.57. The lowest BCUT2D eigenvalue weighted by atomic mass is 10.1. The molecular weight excluding hydrogens is 306 g/mol. The third-order valence-corrected chi connectivity index (χ3v) is 5.06. The molecule has 2 aromatic rings. The maximum Gasteiger partial charge on any atom is 0.229 e. The van der Waals surface area contributed by atoms with E-state index in [9.17, 15) is 9.59 Å². The number of oxazole rings is 1. The normalized spacial score (nSPS) is 21.8. The lowest BCUT2D eigenvalue weighted by Crippen LogP contribution is -2.35. The summed E-state index contributed by atoms with van der Waals surface area (Å²) in [5.74, 6) is 0.343. The van der Waals surface area contributed by atoms with Crippen LogP contribution in [0, 0.1) is 12.8 Å². The van der Waals surface area contributed by atoms with Crippen molar-refractivity contribution in [3.8, 4) is 0 Å². The largest absolute Gasteiger partial charge is 0.441 e. The maximum atomic E-state index is 12.5. The first-order chi connectivity index (χ1) is 11.6. The average Bonchev–Trinajstić information content (AvgIpc) is 3.25. The Morgan fingerprint density at radius 1 is 1.33 bits per heavy atom. The van der Waals surface area contributed by atoms with Gasteiger partial charge in [-0.3, -0.25) is 9.59 Å². The summed E-state index contributed by atoms with van der Waals surface area (Å²) >= 11 is 0. The van der Waals surface area contributed by atoms with Crippen LogP contribution < -0.4 is 5.32 Å². The number of likely N-dealkylation sites (tertiary alicyclic amines) is 1. The summed E-state index contributed by atoms with van der Waals surface area (Å²) in [6.07, 6.45) is 4.82. The Hall–Kier alpha value is -2.37. The molecule has 4 rings (SSSR count). The van der Waals surface area contributed by atoms with Crippen molar-refractivity contribution in [3.05, 3.63) is 24.1 Å². The van der Waals surface area contributed by atoms with Crippen LogP contribution in [0.2, 0.25) is 0 Å². The molecule has 1 saturated carbocycles. The van der Waals surface area contributed by atoms with Crippen LogP contribution in [0.5, 0.6) is 0 Å². The molecule has 2 amide bonds. The van der Waals surface area contributed by atoms with E-state index >= 15 is 0 Å². The van der Waals surface area contributed by atoms with Gasteiger partial charge in [-0.2, -0.15) is 0 Å². The summed E-state index contributed by atoms with van der Waals surface area (Å²) in [6, 6.07) is 5.75. The second-order valence-corrected chi connectivity index (χ2v) is 6.79. The number of fused-ring (bicyclic) bond motifs is 1. The van der Waals surface area contributed by atoms with Crippen molar-refractivity contribution in [2.75, 3.05) is 11.9 Å². The van der Waals surface area contributed by atoms with Gasteiger partial charge in [0.25, 0.3) is 0 Å². The fourth-order valence-corrected chi connectivity index (χ4v) is 3.84. The number of hydrogen-bond donors (Lipinski definition) is 1. The number of carbonyl (C=O) groups is 2. The summed E-state index contributed by atoms with van der Waals surface area (Å²) in [5.41, 5.74) is 2.10. The smallest absolute Gasteiger partial charge is 0.229 e. The van der Waals surface area contributed by atoms with Crippen LogP contribution in [0.3, 0.4) is 0 Å². The van der Waals surface area contributed by atoms with Crippen LogP contribution in [-0.4, -0.2) is 34.3 Å². The fourth-order valence-electron chi connectivity index (χ4n) is 3.84. The van der Waals surface area contributed by atoms with E-state index in [1.54, 1.807) is 13.0 Å². The minimum Gasteiger partial charge on any atom is -0.441 e. The summed E-state index contributed by atoms with van der Waals surface area (Å²) in [6.45, 7) is 2.33. The lowest BCUT2D eigenvalue weighted by Gasteiger charge is -2.23. The molecule has 1 aromatic carbocycles. The number of carbonyl (C=O) groups excluding carboxylic acids is 2. The molecule has 1 N–H and O–H groups in total. The molecule has 1 unspecified atom stereocenters. The molecule has 126 valence electrons. The topological polar surface area (TPSA) is 75.4 Å². The van der Waals surface area contributed by atoms with Gasteiger partial charge in [-0.15, -0.1) is 0 Å². The van der Waals surface area contributed by atoms with Crippen LogP contribution >= 0.6 is 0 Å². The lowest BCUT2D eigenvalue weighted by molar-refractivity contribution is -0.129. The zero-order chi connectivity index (χ0) is 16.7. The van der Waals surface area contributed by atoms with Gasteiger partial charge in [-0.25, -0.2) is 4.98 Å². The molecule has 1 saturated heterocycles. The van der Waals surface area contributed by atoms with E-state index in [0.29, 0.717) is 36.2 Å². The highest BCUT2D eigenvalue weighted by molar-refractivity contribution is 5.98. The molecule has 1 aliphatic carbocycles. The average molecular weight is 327 g/mol. The number of nitrogens with zero attached hydrogens (tertiary/aromatic N) is 2. The Labute approximate surface area is 140 Å². The Kier molecular flexibility index (Phi) is 3.75. The number of anilines is 1. The van der Waals surface area contributed by atoms with Gasteiger partial charge in [0.1, 0.15) is 5.52 Å². The highest BCUT2D eigenvalue weighted by atomic mass is 16.3. The van der Waals surface area contributed by atoms with Crippen molar-refractivity contribution >= 4 is 28.6 Å². The van der Waals surface area contributed by atoms with Crippen LogP contribution in [0.4, 0.5) is 5.69 Å². The van der Waals surface area contributed by atoms with Gasteiger partial charge < -0.3 is 14.6 Å². The third-order valence-electron chi connectivity index (χ3n) is 5.06. The Morgan fingerprint density at radius 2 is 2.12 bits per heavy atom. The molecule has 1 atom stereocenters. The second kappa shape index (κ2) is 5.92. The van der Waals surface area contributed by atoms with Gasteiger partial charge in [0.15, 0.2) is 11.5 Å². The zero-order valence-electron chi connectivity index (χ0n) is 13.7. The summed E-state index contributed by atoms with van der Waals surface area (Å²) in [5, 5.41) is 2.91. The molecule has 24 heavy (non-hydrogen) atoms. The quantitative estimate of drug-likeness (QED) is 0.940. The van der Waals surface area contributed by atoms with Crippen LogP contribution in [0.15, 0.2) is 22.6 Å². The first kappa shape index (κ1) is 15.2. The van der Waals surface area contributed by atoms with Gasteiger partial charge in [-0.1, -0.05) is 12.8 Å². The molecule has 2 fully saturated rings. The van der Waals surface area contributed by atoms with Crippen LogP contribution in [0.25, 0.3) is 11.1 Å². The second-order valence-electron chi connectivity index (χ2n) is 6.79. The van der Waals surface area contributed by atoms with E-state index in [1.807, 2.05) is 17.0 Å². The number of nitrogens with one attached hydrogen (secondary N) is 1. The standard InChI is InChI=1S/C18H21N3O3/c1-11-19-15-7-6-13(9-16(15)24-11)20-18(23)12-8-17(22)21(10-12)14-4-2-3-5-14/h6-7,9,12,14H,2-5,8,10H2,1H3,(H,20,23). The predicted octanol–water partition coefficient (Wildman–Crippen LogP) is 2.87. The molecular formula is C18H21N3O3. The minimum atomic E-state index is -0.273. The van der Waals surface area contributed by atoms with E-state index in [1.165, 1.54) is 12.8 Å². The Morgan fingerprint density at radius 3 is 2.92 bits per heavy atom. The van der Waals surface area contributed by atoms with Crippen molar-refractivity contribution in [3.63, 3.8) is 0 Å². The van der Waals surface area contributed by atoms with Gasteiger partial charge in [0, 0.05) is 37.7 Å². The van der Waals surface area contributed by atoms with E-state index in [-0.39, 0.29) is 17.7 Å². The number of rotatable bonds is 3. The highest BCUT2D eigenvalue weighted by Crippen LogP contribution is 2.30. The molecule has 0 radical (unpaired) electrons. The predicted molar refractivity (Wildman–Crippen MR) is 89.5 cm³/mol. The Balaban J connectivity index is 1.44. The fraction of sp³-hybridized carbons (Fsp3) is 0.500.